The van der Waals surface area contributed by atoms with Crippen LogP contribution >= 0.6 is 0 Å². The molecule has 1 atom stereocenters. The highest BCUT2D eigenvalue weighted by molar-refractivity contribution is 7.87. The second-order valence-electron chi connectivity index (χ2n) is 6.70. The molecule has 24 heavy (non-hydrogen) atoms. The monoisotopic (exact) mass is 373 g/mol. The van der Waals surface area contributed by atoms with Crippen LogP contribution in [0.2, 0.25) is 0 Å². The number of hydrogen-bond acceptors (Lipinski definition) is 6. The van der Waals surface area contributed by atoms with Gasteiger partial charge in [0.15, 0.2) is 5.76 Å². The van der Waals surface area contributed by atoms with Crippen molar-refractivity contribution in [1.82, 2.24) is 4.90 Å². The first-order valence-corrected chi connectivity index (χ1v) is 8.49. The Hall–Kier alpha value is -1.65. The van der Waals surface area contributed by atoms with E-state index in [2.05, 4.69) is 4.18 Å². The minimum Gasteiger partial charge on any atom is -0.489 e. The smallest absolute Gasteiger partial charge is 0.489 e. The maximum atomic E-state index is 12.3. The van der Waals surface area contributed by atoms with Crippen LogP contribution in [0.3, 0.4) is 0 Å². The van der Waals surface area contributed by atoms with Crippen LogP contribution in [-0.4, -0.2) is 49.2 Å². The summed E-state index contributed by atoms with van der Waals surface area (Å²) in [7, 11) is -5.73. The summed E-state index contributed by atoms with van der Waals surface area (Å²) in [4.78, 5) is 13.4. The van der Waals surface area contributed by atoms with Gasteiger partial charge in [0.2, 0.25) is 0 Å². The molecule has 1 unspecified atom stereocenters. The van der Waals surface area contributed by atoms with Gasteiger partial charge in [0.1, 0.15) is 17.5 Å². The Morgan fingerprint density at radius 3 is 2.50 bits per heavy atom. The van der Waals surface area contributed by atoms with Crippen LogP contribution in [-0.2, 0) is 23.8 Å². The molecule has 0 aromatic carbocycles. The van der Waals surface area contributed by atoms with Gasteiger partial charge in [0.05, 0.1) is 13.0 Å². The number of likely N-dealkylation sites (tertiary alicyclic amines) is 1. The Morgan fingerprint density at radius 1 is 1.33 bits per heavy atom. The van der Waals surface area contributed by atoms with Crippen molar-refractivity contribution in [3.8, 4) is 0 Å². The fourth-order valence-electron chi connectivity index (χ4n) is 2.40. The van der Waals surface area contributed by atoms with E-state index >= 15 is 0 Å². The number of rotatable bonds is 2. The molecule has 0 aromatic heterocycles. The average molecular weight is 373 g/mol. The molecule has 1 saturated heterocycles. The van der Waals surface area contributed by atoms with Crippen molar-refractivity contribution in [1.29, 1.82) is 0 Å². The summed E-state index contributed by atoms with van der Waals surface area (Å²) in [6.45, 7) is 5.47. The zero-order chi connectivity index (χ0) is 18.4. The molecule has 11 heteroatoms. The Labute approximate surface area is 137 Å². The summed E-state index contributed by atoms with van der Waals surface area (Å²) >= 11 is 0. The highest BCUT2D eigenvalue weighted by Gasteiger charge is 2.52. The molecule has 0 radical (unpaired) electrons. The van der Waals surface area contributed by atoms with E-state index in [0.29, 0.717) is 6.42 Å². The lowest BCUT2D eigenvalue weighted by molar-refractivity contribution is -0.0524. The Morgan fingerprint density at radius 2 is 1.96 bits per heavy atom. The van der Waals surface area contributed by atoms with Gasteiger partial charge in [0.25, 0.3) is 0 Å². The van der Waals surface area contributed by atoms with E-state index in [1.165, 1.54) is 4.90 Å². The van der Waals surface area contributed by atoms with Crippen LogP contribution in [0.5, 0.6) is 0 Å². The van der Waals surface area contributed by atoms with Crippen LogP contribution < -0.4 is 0 Å². The normalized spacial score (nSPS) is 24.8. The van der Waals surface area contributed by atoms with Crippen molar-refractivity contribution < 1.29 is 40.0 Å². The zero-order valence-corrected chi connectivity index (χ0v) is 14.2. The molecule has 7 nitrogen and oxygen atoms in total. The standard InChI is InChI=1S/C13H18F3NO6S/c1-11(2,3)22-10(18)17-5-4-12(8-17)6-9(7-21-12)23-24(19,20)13(14,15)16/h7H,4-6,8H2,1-3H3. The molecule has 0 aromatic rings. The highest BCUT2D eigenvalue weighted by atomic mass is 32.2. The van der Waals surface area contributed by atoms with Gasteiger partial charge in [-0.1, -0.05) is 0 Å². The molecule has 2 heterocycles. The predicted octanol–water partition coefficient (Wildman–Crippen LogP) is 2.49. The van der Waals surface area contributed by atoms with Crippen molar-refractivity contribution in [2.24, 2.45) is 0 Å². The van der Waals surface area contributed by atoms with E-state index in [1.54, 1.807) is 20.8 Å². The number of hydrogen-bond donors (Lipinski definition) is 0. The first kappa shape index (κ1) is 18.7. The Kier molecular flexibility index (Phi) is 4.45. The molecule has 0 aliphatic carbocycles. The maximum absolute atomic E-state index is 12.3. The first-order chi connectivity index (χ1) is 10.7. The number of amides is 1. The second kappa shape index (κ2) is 5.71. The predicted molar refractivity (Wildman–Crippen MR) is 75.0 cm³/mol. The van der Waals surface area contributed by atoms with Gasteiger partial charge in [-0.05, 0) is 20.8 Å². The molecule has 2 aliphatic rings. The van der Waals surface area contributed by atoms with E-state index in [4.69, 9.17) is 9.47 Å². The first-order valence-electron chi connectivity index (χ1n) is 7.09. The van der Waals surface area contributed by atoms with Crippen molar-refractivity contribution in [2.75, 3.05) is 13.1 Å². The summed E-state index contributed by atoms with van der Waals surface area (Å²) in [6, 6.07) is 0. The molecule has 2 aliphatic heterocycles. The van der Waals surface area contributed by atoms with E-state index in [9.17, 15) is 26.4 Å². The molecule has 2 rings (SSSR count). The number of halogens is 3. The Bertz CT molecular complexity index is 652. The zero-order valence-electron chi connectivity index (χ0n) is 13.3. The minimum absolute atomic E-state index is 0.0668. The summed E-state index contributed by atoms with van der Waals surface area (Å²) in [5.74, 6) is -0.446. The third kappa shape index (κ3) is 4.05. The van der Waals surface area contributed by atoms with Gasteiger partial charge in [-0.3, -0.25) is 0 Å². The number of ether oxygens (including phenoxy) is 2. The van der Waals surface area contributed by atoms with Gasteiger partial charge >= 0.3 is 21.7 Å². The fourth-order valence-corrected chi connectivity index (χ4v) is 2.87. The molecular formula is C13H18F3NO6S. The van der Waals surface area contributed by atoms with Gasteiger partial charge in [-0.2, -0.15) is 21.6 Å². The van der Waals surface area contributed by atoms with Gasteiger partial charge in [-0.15, -0.1) is 0 Å². The number of carbonyl (C=O) groups excluding carboxylic acids is 1. The average Bonchev–Trinajstić information content (AvgIpc) is 2.93. The lowest BCUT2D eigenvalue weighted by Crippen LogP contribution is -2.39. The SMILES string of the molecule is CC(C)(C)OC(=O)N1CCC2(CC(OS(=O)(=O)C(F)(F)F)=CO2)C1. The van der Waals surface area contributed by atoms with E-state index < -0.39 is 38.7 Å². The topological polar surface area (TPSA) is 82.1 Å². The van der Waals surface area contributed by atoms with Gasteiger partial charge in [-0.25, -0.2) is 4.79 Å². The van der Waals surface area contributed by atoms with E-state index in [1.807, 2.05) is 0 Å². The molecule has 1 amide bonds. The van der Waals surface area contributed by atoms with Crippen LogP contribution in [0.1, 0.15) is 33.6 Å². The van der Waals surface area contributed by atoms with Crippen molar-refractivity contribution in [2.45, 2.75) is 50.3 Å². The van der Waals surface area contributed by atoms with Gasteiger partial charge in [0, 0.05) is 13.0 Å². The number of carbonyl (C=O) groups is 1. The highest BCUT2D eigenvalue weighted by Crippen LogP contribution is 2.39. The summed E-state index contributed by atoms with van der Waals surface area (Å²) in [5.41, 5.74) is -7.19. The van der Waals surface area contributed by atoms with Gasteiger partial charge < -0.3 is 18.6 Å². The van der Waals surface area contributed by atoms with Crippen LogP contribution in [0.25, 0.3) is 0 Å². The van der Waals surface area contributed by atoms with E-state index in [0.717, 1.165) is 6.26 Å². The van der Waals surface area contributed by atoms with Crippen LogP contribution in [0.4, 0.5) is 18.0 Å². The number of alkyl halides is 3. The second-order valence-corrected chi connectivity index (χ2v) is 8.23. The maximum Gasteiger partial charge on any atom is 0.534 e. The minimum atomic E-state index is -5.73. The summed E-state index contributed by atoms with van der Waals surface area (Å²) < 4.78 is 73.6. The lowest BCUT2D eigenvalue weighted by Gasteiger charge is -2.26. The number of nitrogens with zero attached hydrogens (tertiary/aromatic N) is 1. The van der Waals surface area contributed by atoms with Crippen LogP contribution in [0.15, 0.2) is 12.0 Å². The third-order valence-corrected chi connectivity index (χ3v) is 4.41. The quantitative estimate of drug-likeness (QED) is 0.546. The van der Waals surface area contributed by atoms with Crippen molar-refractivity contribution in [3.05, 3.63) is 12.0 Å². The fraction of sp³-hybridized carbons (Fsp3) is 0.769. The third-order valence-electron chi connectivity index (χ3n) is 3.41. The lowest BCUT2D eigenvalue weighted by atomic mass is 10.00. The Balaban J connectivity index is 1.97. The van der Waals surface area contributed by atoms with Crippen LogP contribution in [0, 0.1) is 0 Å². The molecule has 0 saturated carbocycles. The van der Waals surface area contributed by atoms with E-state index in [-0.39, 0.29) is 19.5 Å². The molecule has 0 N–H and O–H groups in total. The van der Waals surface area contributed by atoms with Crippen molar-refractivity contribution in [3.63, 3.8) is 0 Å². The van der Waals surface area contributed by atoms with Crippen molar-refractivity contribution >= 4 is 16.2 Å². The summed E-state index contributed by atoms with van der Waals surface area (Å²) in [6.07, 6.45) is 0.422. The summed E-state index contributed by atoms with van der Waals surface area (Å²) in [5, 5.41) is 0. The molecule has 138 valence electrons. The molecule has 1 spiro atoms. The molecular weight excluding hydrogens is 355 g/mol. The molecule has 1 fully saturated rings. The molecule has 0 bridgehead atoms. The largest absolute Gasteiger partial charge is 0.534 e.